The number of likely N-dealkylation sites (N-methyl/N-ethyl adjacent to an activating group) is 1. The number of nitrogens with two attached hydrogens (primary N) is 1. The van der Waals surface area contributed by atoms with Gasteiger partial charge >= 0.3 is 26.0 Å². The van der Waals surface area contributed by atoms with Crippen LogP contribution in [0.1, 0.15) is 143 Å². The van der Waals surface area contributed by atoms with Crippen molar-refractivity contribution >= 4 is 32.0 Å². The van der Waals surface area contributed by atoms with Crippen LogP contribution in [0.15, 0.2) is 4.76 Å². The van der Waals surface area contributed by atoms with Crippen molar-refractivity contribution in [3.63, 3.8) is 0 Å². The highest BCUT2D eigenvalue weighted by Gasteiger charge is 2.29. The number of nitrogens with zero attached hydrogens (tertiary/aromatic N) is 2. The molecule has 0 aromatic rings. The fourth-order valence-electron chi connectivity index (χ4n) is 4.57. The van der Waals surface area contributed by atoms with Crippen molar-refractivity contribution in [2.45, 2.75) is 149 Å². The Kier molecular flexibility index (Phi) is 29.8. The lowest BCUT2D eigenvalue weighted by molar-refractivity contribution is -0.141. The van der Waals surface area contributed by atoms with Gasteiger partial charge in [-0.05, 0) is 44.9 Å². The lowest BCUT2D eigenvalue weighted by atomic mass is 10.1. The molecule has 0 aliphatic heterocycles. The lowest BCUT2D eigenvalue weighted by Crippen LogP contribution is -2.46. The van der Waals surface area contributed by atoms with Gasteiger partial charge in [0.1, 0.15) is 6.04 Å². The van der Waals surface area contributed by atoms with Crippen molar-refractivity contribution in [1.82, 2.24) is 4.90 Å². The number of hydrogen-bond donors (Lipinski definition) is 2. The average Bonchev–Trinajstić information content (AvgIpc) is 3.07. The zero-order valence-corrected chi connectivity index (χ0v) is 31.6. The largest absolute Gasteiger partial charge is 0.508 e. The molecule has 14 nitrogen and oxygen atoms in total. The fraction of sp³-hybridized carbons (Fsp3) is 0.882. The SMILES string of the molecule is CCCCCCCCOC(=O)OCCCCOP(=O)(N=C(N)N(C)C(CCCC)C(=O)O)OCCCCOC(=O)OCCCCCCCC. The van der Waals surface area contributed by atoms with Crippen molar-refractivity contribution in [3.05, 3.63) is 0 Å². The van der Waals surface area contributed by atoms with Crippen LogP contribution >= 0.6 is 7.75 Å². The number of guanidine groups is 1. The minimum atomic E-state index is -4.15. The Morgan fingerprint density at radius 3 is 1.35 bits per heavy atom. The van der Waals surface area contributed by atoms with Crippen molar-refractivity contribution in [3.8, 4) is 0 Å². The number of carbonyl (C=O) groups excluding carboxylic acids is 2. The summed E-state index contributed by atoms with van der Waals surface area (Å²) in [6.07, 6.45) is 14.9. The van der Waals surface area contributed by atoms with Crippen LogP contribution in [0.25, 0.3) is 0 Å². The smallest absolute Gasteiger partial charge is 0.480 e. The van der Waals surface area contributed by atoms with E-state index in [1.165, 1.54) is 50.5 Å². The van der Waals surface area contributed by atoms with E-state index in [0.717, 1.165) is 44.9 Å². The first-order valence-corrected chi connectivity index (χ1v) is 19.9. The molecule has 0 heterocycles. The molecule has 0 aromatic heterocycles. The van der Waals surface area contributed by atoms with Gasteiger partial charge in [-0.2, -0.15) is 0 Å². The third kappa shape index (κ3) is 26.9. The quantitative estimate of drug-likeness (QED) is 0.0221. The molecule has 0 radical (unpaired) electrons. The zero-order chi connectivity index (χ0) is 36.6. The number of ether oxygens (including phenoxy) is 4. The van der Waals surface area contributed by atoms with E-state index in [9.17, 15) is 24.1 Å². The van der Waals surface area contributed by atoms with Crippen molar-refractivity contribution in [1.29, 1.82) is 0 Å². The summed E-state index contributed by atoms with van der Waals surface area (Å²) in [6, 6.07) is -0.965. The molecule has 0 fully saturated rings. The number of rotatable bonds is 32. The Morgan fingerprint density at radius 2 is 0.959 bits per heavy atom. The van der Waals surface area contributed by atoms with Gasteiger partial charge in [0.15, 0.2) is 0 Å². The molecule has 15 heteroatoms. The zero-order valence-electron chi connectivity index (χ0n) is 30.7. The third-order valence-corrected chi connectivity index (χ3v) is 9.10. The summed E-state index contributed by atoms with van der Waals surface area (Å²) in [5, 5.41) is 9.67. The Morgan fingerprint density at radius 1 is 0.612 bits per heavy atom. The predicted molar refractivity (Wildman–Crippen MR) is 190 cm³/mol. The van der Waals surface area contributed by atoms with Gasteiger partial charge in [0.25, 0.3) is 0 Å². The number of carbonyl (C=O) groups is 3. The number of hydrogen-bond acceptors (Lipinski definition) is 10. The molecule has 0 saturated heterocycles. The summed E-state index contributed by atoms with van der Waals surface area (Å²) < 4.78 is 49.0. The van der Waals surface area contributed by atoms with E-state index in [0.29, 0.717) is 51.7 Å². The summed E-state index contributed by atoms with van der Waals surface area (Å²) in [7, 11) is -2.69. The number of carboxylic acids is 1. The number of unbranched alkanes of at least 4 members (excludes halogenated alkanes) is 13. The molecular formula is C34H66N3O11P. The summed E-state index contributed by atoms with van der Waals surface area (Å²) >= 11 is 0. The van der Waals surface area contributed by atoms with Gasteiger partial charge < -0.3 is 34.7 Å². The van der Waals surface area contributed by atoms with E-state index in [1.807, 2.05) is 6.92 Å². The van der Waals surface area contributed by atoms with Crippen LogP contribution in [0, 0.1) is 0 Å². The molecule has 49 heavy (non-hydrogen) atoms. The summed E-state index contributed by atoms with van der Waals surface area (Å²) in [5.74, 6) is -1.37. The summed E-state index contributed by atoms with van der Waals surface area (Å²) in [5.41, 5.74) is 6.08. The van der Waals surface area contributed by atoms with Crippen molar-refractivity contribution in [2.75, 3.05) is 46.7 Å². The van der Waals surface area contributed by atoms with Crippen LogP contribution in [-0.4, -0.2) is 87.0 Å². The fourth-order valence-corrected chi connectivity index (χ4v) is 5.87. The van der Waals surface area contributed by atoms with Crippen LogP contribution in [0.3, 0.4) is 0 Å². The molecule has 0 aromatic carbocycles. The molecule has 1 atom stereocenters. The first-order chi connectivity index (χ1) is 23.6. The van der Waals surface area contributed by atoms with E-state index in [4.69, 9.17) is 33.7 Å². The standard InChI is InChI=1S/C34H66N3O11P/c1-5-8-11-13-15-17-24-43-33(40)45-26-19-21-28-47-49(42,36-32(35)37(4)30(31(38)39)23-10-7-3)48-29-22-20-27-46-34(41)44-25-18-16-14-12-9-6-2/h30H,5-29H2,1-4H3,(H,38,39)(H2,35,36,42). The van der Waals surface area contributed by atoms with Gasteiger partial charge in [-0.15, -0.1) is 4.76 Å². The molecule has 0 amide bonds. The van der Waals surface area contributed by atoms with Gasteiger partial charge in [-0.25, -0.2) is 18.9 Å². The Labute approximate surface area is 294 Å². The molecular weight excluding hydrogens is 657 g/mol. The van der Waals surface area contributed by atoms with Gasteiger partial charge in [-0.3, -0.25) is 9.05 Å². The molecule has 1 unspecified atom stereocenters. The number of aliphatic carboxylic acids is 1. The van der Waals surface area contributed by atoms with E-state index in [2.05, 4.69) is 18.6 Å². The molecule has 0 aliphatic rings. The molecule has 0 saturated carbocycles. The maximum absolute atomic E-state index is 13.6. The van der Waals surface area contributed by atoms with Crippen LogP contribution in [0.2, 0.25) is 0 Å². The first-order valence-electron chi connectivity index (χ1n) is 18.4. The predicted octanol–water partition coefficient (Wildman–Crippen LogP) is 8.61. The van der Waals surface area contributed by atoms with Crippen LogP contribution < -0.4 is 5.73 Å². The highest BCUT2D eigenvalue weighted by Crippen LogP contribution is 2.50. The second-order valence-electron chi connectivity index (χ2n) is 12.0. The molecule has 288 valence electrons. The highest BCUT2D eigenvalue weighted by atomic mass is 31.2. The Balaban J connectivity index is 4.76. The molecule has 0 bridgehead atoms. The lowest BCUT2D eigenvalue weighted by Gasteiger charge is -2.26. The minimum Gasteiger partial charge on any atom is -0.480 e. The van der Waals surface area contributed by atoms with E-state index in [-0.39, 0.29) is 32.4 Å². The minimum absolute atomic E-state index is 0.0420. The average molecular weight is 724 g/mol. The second-order valence-corrected chi connectivity index (χ2v) is 13.7. The van der Waals surface area contributed by atoms with Crippen LogP contribution in [0.4, 0.5) is 9.59 Å². The van der Waals surface area contributed by atoms with Gasteiger partial charge in [-0.1, -0.05) is 97.8 Å². The first kappa shape index (κ1) is 46.4. The third-order valence-electron chi connectivity index (χ3n) is 7.63. The van der Waals surface area contributed by atoms with Crippen molar-refractivity contribution < 1.29 is 52.1 Å². The maximum atomic E-state index is 13.6. The van der Waals surface area contributed by atoms with Gasteiger partial charge in [0, 0.05) is 7.05 Å². The van der Waals surface area contributed by atoms with Crippen LogP contribution in [0.5, 0.6) is 0 Å². The highest BCUT2D eigenvalue weighted by molar-refractivity contribution is 7.52. The molecule has 3 N–H and O–H groups in total. The van der Waals surface area contributed by atoms with E-state index in [1.54, 1.807) is 0 Å². The second kappa shape index (κ2) is 31.4. The number of carboxylic acid groups (broad SMARTS) is 1. The Hall–Kier alpha value is -2.57. The molecule has 0 rings (SSSR count). The van der Waals surface area contributed by atoms with E-state index >= 15 is 0 Å². The normalized spacial score (nSPS) is 12.4. The summed E-state index contributed by atoms with van der Waals surface area (Å²) in [6.45, 7) is 7.01. The van der Waals surface area contributed by atoms with Crippen LogP contribution in [-0.2, 0) is 37.4 Å². The molecule has 0 aliphatic carbocycles. The van der Waals surface area contributed by atoms with E-state index < -0.39 is 32.1 Å². The Bertz CT molecular complexity index is 893. The van der Waals surface area contributed by atoms with Gasteiger partial charge in [0.2, 0.25) is 5.96 Å². The topological polar surface area (TPSA) is 186 Å². The summed E-state index contributed by atoms with van der Waals surface area (Å²) in [4.78, 5) is 36.7. The van der Waals surface area contributed by atoms with Gasteiger partial charge in [0.05, 0.1) is 39.6 Å². The molecule has 0 spiro atoms. The van der Waals surface area contributed by atoms with Crippen molar-refractivity contribution in [2.24, 2.45) is 10.5 Å². The monoisotopic (exact) mass is 723 g/mol. The maximum Gasteiger partial charge on any atom is 0.508 e.